The van der Waals surface area contributed by atoms with Crippen molar-refractivity contribution >= 4 is 11.6 Å². The van der Waals surface area contributed by atoms with E-state index in [9.17, 15) is 0 Å². The standard InChI is InChI=1S/C11H16ClN3O/c1-8-5-14-11(15-10(8)12)16-7-9-3-2-4-13-6-9/h5,9,13H,2-4,6-7H2,1H3/t9-/m0/s1. The second-order valence-corrected chi connectivity index (χ2v) is 4.51. The molecule has 0 bridgehead atoms. The molecular formula is C11H16ClN3O. The molecule has 1 saturated heterocycles. The predicted octanol–water partition coefficient (Wildman–Crippen LogP) is 1.82. The van der Waals surface area contributed by atoms with Crippen LogP contribution in [0.2, 0.25) is 5.15 Å². The van der Waals surface area contributed by atoms with Gasteiger partial charge in [-0.1, -0.05) is 11.6 Å². The first-order valence-corrected chi connectivity index (χ1v) is 5.96. The Morgan fingerprint density at radius 2 is 2.50 bits per heavy atom. The molecule has 0 unspecified atom stereocenters. The second-order valence-electron chi connectivity index (χ2n) is 4.15. The summed E-state index contributed by atoms with van der Waals surface area (Å²) in [6, 6.07) is 0.376. The van der Waals surface area contributed by atoms with Gasteiger partial charge in [0.1, 0.15) is 5.15 Å². The summed E-state index contributed by atoms with van der Waals surface area (Å²) in [4.78, 5) is 8.15. The van der Waals surface area contributed by atoms with Gasteiger partial charge in [-0.3, -0.25) is 0 Å². The Labute approximate surface area is 100 Å². The van der Waals surface area contributed by atoms with Gasteiger partial charge < -0.3 is 10.1 Å². The molecule has 1 aromatic rings. The quantitative estimate of drug-likeness (QED) is 0.820. The lowest BCUT2D eigenvalue weighted by atomic mass is 10.0. The van der Waals surface area contributed by atoms with E-state index in [-0.39, 0.29) is 0 Å². The average molecular weight is 242 g/mol. The molecular weight excluding hydrogens is 226 g/mol. The smallest absolute Gasteiger partial charge is 0.317 e. The highest BCUT2D eigenvalue weighted by molar-refractivity contribution is 6.30. The Morgan fingerprint density at radius 3 is 3.19 bits per heavy atom. The van der Waals surface area contributed by atoms with E-state index in [0.29, 0.717) is 23.7 Å². The second kappa shape index (κ2) is 5.46. The minimum absolute atomic E-state index is 0.376. The molecule has 16 heavy (non-hydrogen) atoms. The van der Waals surface area contributed by atoms with E-state index in [1.807, 2.05) is 6.92 Å². The Hall–Kier alpha value is -0.870. The molecule has 1 aromatic heterocycles. The van der Waals surface area contributed by atoms with E-state index in [1.165, 1.54) is 12.8 Å². The van der Waals surface area contributed by atoms with Crippen LogP contribution in [0.15, 0.2) is 6.20 Å². The Balaban J connectivity index is 1.86. The van der Waals surface area contributed by atoms with Crippen molar-refractivity contribution in [3.8, 4) is 6.01 Å². The van der Waals surface area contributed by atoms with Crippen LogP contribution in [-0.2, 0) is 0 Å². The van der Waals surface area contributed by atoms with Crippen molar-refractivity contribution in [3.63, 3.8) is 0 Å². The molecule has 0 aliphatic carbocycles. The van der Waals surface area contributed by atoms with Gasteiger partial charge in [0.05, 0.1) is 6.61 Å². The summed E-state index contributed by atoms with van der Waals surface area (Å²) in [5.74, 6) is 0.553. The minimum atomic E-state index is 0.376. The van der Waals surface area contributed by atoms with Crippen LogP contribution in [0.25, 0.3) is 0 Å². The number of ether oxygens (including phenoxy) is 1. The first kappa shape index (κ1) is 11.6. The molecule has 2 rings (SSSR count). The molecule has 1 atom stereocenters. The zero-order chi connectivity index (χ0) is 11.4. The maximum Gasteiger partial charge on any atom is 0.317 e. The molecule has 5 heteroatoms. The molecule has 1 aliphatic rings. The third-order valence-corrected chi connectivity index (χ3v) is 3.12. The van der Waals surface area contributed by atoms with Crippen LogP contribution in [0.1, 0.15) is 18.4 Å². The summed E-state index contributed by atoms with van der Waals surface area (Å²) in [5, 5.41) is 3.81. The molecule has 0 radical (unpaired) electrons. The number of piperidine rings is 1. The predicted molar refractivity (Wildman–Crippen MR) is 62.9 cm³/mol. The highest BCUT2D eigenvalue weighted by Gasteiger charge is 2.14. The fourth-order valence-electron chi connectivity index (χ4n) is 1.73. The maximum absolute atomic E-state index is 5.89. The number of aromatic nitrogens is 2. The lowest BCUT2D eigenvalue weighted by Crippen LogP contribution is -2.33. The first-order valence-electron chi connectivity index (χ1n) is 5.58. The van der Waals surface area contributed by atoms with Crippen molar-refractivity contribution in [1.29, 1.82) is 0 Å². The van der Waals surface area contributed by atoms with E-state index in [2.05, 4.69) is 15.3 Å². The van der Waals surface area contributed by atoms with Gasteiger partial charge in [0.25, 0.3) is 0 Å². The van der Waals surface area contributed by atoms with Gasteiger partial charge in [-0.2, -0.15) is 4.98 Å². The normalized spacial score (nSPS) is 20.8. The molecule has 0 spiro atoms. The first-order chi connectivity index (χ1) is 7.75. The lowest BCUT2D eigenvalue weighted by Gasteiger charge is -2.22. The van der Waals surface area contributed by atoms with Crippen LogP contribution in [-0.4, -0.2) is 29.7 Å². The van der Waals surface area contributed by atoms with Gasteiger partial charge in [-0.05, 0) is 26.3 Å². The van der Waals surface area contributed by atoms with Gasteiger partial charge in [0.15, 0.2) is 0 Å². The van der Waals surface area contributed by atoms with Crippen LogP contribution < -0.4 is 10.1 Å². The monoisotopic (exact) mass is 241 g/mol. The average Bonchev–Trinajstić information content (AvgIpc) is 2.32. The van der Waals surface area contributed by atoms with Gasteiger partial charge in [0.2, 0.25) is 0 Å². The van der Waals surface area contributed by atoms with Gasteiger partial charge in [-0.25, -0.2) is 4.98 Å². The molecule has 0 aromatic carbocycles. The van der Waals surface area contributed by atoms with E-state index in [1.54, 1.807) is 6.20 Å². The van der Waals surface area contributed by atoms with E-state index in [0.717, 1.165) is 18.7 Å². The minimum Gasteiger partial charge on any atom is -0.463 e. The third-order valence-electron chi connectivity index (χ3n) is 2.73. The number of nitrogens with zero attached hydrogens (tertiary/aromatic N) is 2. The fraction of sp³-hybridized carbons (Fsp3) is 0.636. The van der Waals surface area contributed by atoms with Crippen LogP contribution in [0, 0.1) is 12.8 Å². The van der Waals surface area contributed by atoms with Crippen molar-refractivity contribution < 1.29 is 4.74 Å². The highest BCUT2D eigenvalue weighted by Crippen LogP contribution is 2.15. The van der Waals surface area contributed by atoms with E-state index < -0.39 is 0 Å². The maximum atomic E-state index is 5.89. The molecule has 2 heterocycles. The van der Waals surface area contributed by atoms with Crippen molar-refractivity contribution in [2.75, 3.05) is 19.7 Å². The summed E-state index contributed by atoms with van der Waals surface area (Å²) >= 11 is 5.89. The Kier molecular flexibility index (Phi) is 3.96. The summed E-state index contributed by atoms with van der Waals surface area (Å²) in [6.45, 7) is 4.66. The topological polar surface area (TPSA) is 47.0 Å². The zero-order valence-corrected chi connectivity index (χ0v) is 10.1. The molecule has 1 N–H and O–H groups in total. The molecule has 88 valence electrons. The number of hydrogen-bond acceptors (Lipinski definition) is 4. The number of aryl methyl sites for hydroxylation is 1. The summed E-state index contributed by atoms with van der Waals surface area (Å²) in [6.07, 6.45) is 4.10. The molecule has 0 amide bonds. The summed E-state index contributed by atoms with van der Waals surface area (Å²) < 4.78 is 5.53. The Morgan fingerprint density at radius 1 is 1.62 bits per heavy atom. The number of halogens is 1. The van der Waals surface area contributed by atoms with Crippen LogP contribution in [0.4, 0.5) is 0 Å². The van der Waals surface area contributed by atoms with Crippen LogP contribution in [0.5, 0.6) is 6.01 Å². The van der Waals surface area contributed by atoms with Crippen molar-refractivity contribution in [2.24, 2.45) is 5.92 Å². The SMILES string of the molecule is Cc1cnc(OC[C@H]2CCCNC2)nc1Cl. The van der Waals surface area contributed by atoms with Crippen molar-refractivity contribution in [3.05, 3.63) is 16.9 Å². The van der Waals surface area contributed by atoms with Crippen LogP contribution in [0.3, 0.4) is 0 Å². The summed E-state index contributed by atoms with van der Waals surface area (Å²) in [7, 11) is 0. The fourth-order valence-corrected chi connectivity index (χ4v) is 1.86. The molecule has 1 aliphatic heterocycles. The Bertz CT molecular complexity index is 353. The van der Waals surface area contributed by atoms with E-state index >= 15 is 0 Å². The highest BCUT2D eigenvalue weighted by atomic mass is 35.5. The van der Waals surface area contributed by atoms with E-state index in [4.69, 9.17) is 16.3 Å². The molecule has 4 nitrogen and oxygen atoms in total. The summed E-state index contributed by atoms with van der Waals surface area (Å²) in [5.41, 5.74) is 0.869. The zero-order valence-electron chi connectivity index (χ0n) is 9.37. The lowest BCUT2D eigenvalue weighted by molar-refractivity contribution is 0.205. The van der Waals surface area contributed by atoms with Crippen molar-refractivity contribution in [1.82, 2.24) is 15.3 Å². The van der Waals surface area contributed by atoms with Gasteiger partial charge >= 0.3 is 6.01 Å². The molecule has 1 fully saturated rings. The largest absolute Gasteiger partial charge is 0.463 e. The number of nitrogens with one attached hydrogen (secondary N) is 1. The van der Waals surface area contributed by atoms with Crippen LogP contribution >= 0.6 is 11.6 Å². The van der Waals surface area contributed by atoms with Gasteiger partial charge in [-0.15, -0.1) is 0 Å². The number of rotatable bonds is 3. The van der Waals surface area contributed by atoms with Gasteiger partial charge in [0, 0.05) is 24.2 Å². The third kappa shape index (κ3) is 3.06. The van der Waals surface area contributed by atoms with Crippen molar-refractivity contribution in [2.45, 2.75) is 19.8 Å². The number of hydrogen-bond donors (Lipinski definition) is 1. The molecule has 0 saturated carbocycles.